The van der Waals surface area contributed by atoms with Crippen LogP contribution in [0.3, 0.4) is 0 Å². The van der Waals surface area contributed by atoms with Crippen LogP contribution >= 0.6 is 0 Å². The van der Waals surface area contributed by atoms with Gasteiger partial charge in [0.05, 0.1) is 23.2 Å². The predicted octanol–water partition coefficient (Wildman–Crippen LogP) is 5.55. The Balaban J connectivity index is 1.31. The molecule has 0 radical (unpaired) electrons. The number of fused-ring (bicyclic) bond motifs is 1. The molecule has 8 nitrogen and oxygen atoms in total. The summed E-state index contributed by atoms with van der Waals surface area (Å²) in [5, 5.41) is 10.8. The lowest BCUT2D eigenvalue weighted by molar-refractivity contribution is -0.137. The fourth-order valence-corrected chi connectivity index (χ4v) is 4.66. The zero-order chi connectivity index (χ0) is 27.6. The van der Waals surface area contributed by atoms with E-state index in [0.717, 1.165) is 23.4 Å². The fraction of sp³-hybridized carbons (Fsp3) is 0.214. The normalized spacial score (nSPS) is 17.2. The van der Waals surface area contributed by atoms with Crippen LogP contribution in [0.2, 0.25) is 0 Å². The molecular weight excluding hydrogens is 507 g/mol. The summed E-state index contributed by atoms with van der Waals surface area (Å²) < 4.78 is 40.9. The molecule has 39 heavy (non-hydrogen) atoms. The minimum Gasteiger partial charge on any atom is -0.383 e. The number of urea groups is 1. The smallest absolute Gasteiger partial charge is 0.383 e. The highest BCUT2D eigenvalue weighted by atomic mass is 19.4. The molecule has 5 rings (SSSR count). The number of anilines is 2. The van der Waals surface area contributed by atoms with Crippen molar-refractivity contribution in [1.82, 2.24) is 25.1 Å². The van der Waals surface area contributed by atoms with E-state index < -0.39 is 17.8 Å². The first-order valence-corrected chi connectivity index (χ1v) is 12.3. The highest BCUT2D eigenvalue weighted by Gasteiger charge is 2.31. The van der Waals surface area contributed by atoms with E-state index in [1.165, 1.54) is 18.5 Å². The van der Waals surface area contributed by atoms with E-state index >= 15 is 0 Å². The molecule has 0 bridgehead atoms. The van der Waals surface area contributed by atoms with Crippen LogP contribution in [-0.4, -0.2) is 25.8 Å². The number of amides is 2. The van der Waals surface area contributed by atoms with E-state index in [-0.39, 0.29) is 17.5 Å². The molecule has 2 aromatic carbocycles. The van der Waals surface area contributed by atoms with Crippen LogP contribution in [0.1, 0.15) is 23.7 Å². The number of carbonyl (C=O) groups is 1. The Morgan fingerprint density at radius 1 is 1.08 bits per heavy atom. The van der Waals surface area contributed by atoms with Crippen LogP contribution in [0.25, 0.3) is 11.0 Å². The van der Waals surface area contributed by atoms with Crippen molar-refractivity contribution in [3.63, 3.8) is 0 Å². The van der Waals surface area contributed by atoms with E-state index in [0.29, 0.717) is 35.5 Å². The van der Waals surface area contributed by atoms with Gasteiger partial charge in [0.15, 0.2) is 5.65 Å². The number of halogens is 3. The molecule has 1 aliphatic carbocycles. The van der Waals surface area contributed by atoms with Gasteiger partial charge in [-0.15, -0.1) is 0 Å². The zero-order valence-corrected chi connectivity index (χ0v) is 21.0. The first-order valence-electron chi connectivity index (χ1n) is 12.3. The summed E-state index contributed by atoms with van der Waals surface area (Å²) in [6.45, 7) is 2.49. The van der Waals surface area contributed by atoms with Crippen molar-refractivity contribution in [3.05, 3.63) is 102 Å². The van der Waals surface area contributed by atoms with Gasteiger partial charge in [-0.2, -0.15) is 18.3 Å². The molecule has 200 valence electrons. The minimum absolute atomic E-state index is 0.0401. The fourth-order valence-electron chi connectivity index (χ4n) is 4.66. The number of nitrogen functional groups attached to an aromatic ring is 1. The third-order valence-corrected chi connectivity index (χ3v) is 6.71. The number of hydrogen-bond donors (Lipinski definition) is 3. The van der Waals surface area contributed by atoms with E-state index in [2.05, 4.69) is 20.6 Å². The molecule has 0 spiro atoms. The molecule has 2 aromatic heterocycles. The van der Waals surface area contributed by atoms with Gasteiger partial charge < -0.3 is 16.4 Å². The van der Waals surface area contributed by atoms with Crippen LogP contribution in [-0.2, 0) is 19.1 Å². The minimum atomic E-state index is -4.50. The first-order chi connectivity index (χ1) is 18.7. The summed E-state index contributed by atoms with van der Waals surface area (Å²) >= 11 is 0. The van der Waals surface area contributed by atoms with Gasteiger partial charge in [-0.3, -0.25) is 0 Å². The number of nitrogens with two attached hydrogens (primary N) is 1. The average molecular weight is 534 g/mol. The topological polar surface area (TPSA) is 111 Å². The number of allylic oxidation sites excluding steroid dienone is 4. The highest BCUT2D eigenvalue weighted by molar-refractivity contribution is 5.90. The summed E-state index contributed by atoms with van der Waals surface area (Å²) in [4.78, 5) is 21.2. The maximum absolute atomic E-state index is 13.0. The molecule has 4 N–H and O–H groups in total. The van der Waals surface area contributed by atoms with Gasteiger partial charge in [0.25, 0.3) is 0 Å². The number of carbonyl (C=O) groups excluding carboxylic acids is 1. The Labute approximate surface area is 222 Å². The molecule has 4 aromatic rings. The molecule has 1 aliphatic rings. The summed E-state index contributed by atoms with van der Waals surface area (Å²) in [6, 6.07) is 13.8. The number of benzene rings is 2. The standard InChI is InChI=1S/C28H26F3N7O/c1-17-19(9-5-12-22(17)36-27(39)35-21-11-6-10-20(14-21)28(29,30)31)13-23-24-25(32)33-16-34-26(24)38(37-23)15-18-7-3-2-4-8-18/h2-12,14,16-17,19H,13,15H2,1H3,(H2,32,33,34)(H2,35,36,39). The quantitative estimate of drug-likeness (QED) is 0.301. The summed E-state index contributed by atoms with van der Waals surface area (Å²) in [5.74, 6) is 0.181. The van der Waals surface area contributed by atoms with E-state index in [1.807, 2.05) is 54.1 Å². The molecule has 0 saturated carbocycles. The van der Waals surface area contributed by atoms with Crippen molar-refractivity contribution in [2.45, 2.75) is 26.1 Å². The molecule has 2 atom stereocenters. The maximum Gasteiger partial charge on any atom is 0.416 e. The number of nitrogens with one attached hydrogen (secondary N) is 2. The molecule has 0 fully saturated rings. The Hall–Kier alpha value is -4.67. The van der Waals surface area contributed by atoms with Crippen molar-refractivity contribution < 1.29 is 18.0 Å². The average Bonchev–Trinajstić information content (AvgIpc) is 3.24. The number of nitrogens with zero attached hydrogens (tertiary/aromatic N) is 4. The lowest BCUT2D eigenvalue weighted by Crippen LogP contribution is -2.34. The first kappa shape index (κ1) is 26.0. The maximum atomic E-state index is 13.0. The summed E-state index contributed by atoms with van der Waals surface area (Å²) in [6.07, 6.45) is 3.08. The van der Waals surface area contributed by atoms with Crippen LogP contribution in [0.4, 0.5) is 29.5 Å². The van der Waals surface area contributed by atoms with E-state index in [4.69, 9.17) is 10.8 Å². The SMILES string of the molecule is CC1C(NC(=O)Nc2cccc(C(F)(F)F)c2)=CC=CC1Cc1nn(Cc2ccccc2)c2ncnc(N)c12. The van der Waals surface area contributed by atoms with Crippen LogP contribution in [0, 0.1) is 11.8 Å². The van der Waals surface area contributed by atoms with Gasteiger partial charge >= 0.3 is 12.2 Å². The lowest BCUT2D eigenvalue weighted by atomic mass is 9.83. The number of aromatic nitrogens is 4. The molecule has 0 aliphatic heterocycles. The second kappa shape index (κ2) is 10.6. The Kier molecular flexibility index (Phi) is 7.05. The van der Waals surface area contributed by atoms with E-state index in [1.54, 1.807) is 6.08 Å². The highest BCUT2D eigenvalue weighted by Crippen LogP contribution is 2.32. The largest absolute Gasteiger partial charge is 0.416 e. The van der Waals surface area contributed by atoms with Crippen molar-refractivity contribution in [2.24, 2.45) is 11.8 Å². The second-order valence-electron chi connectivity index (χ2n) is 9.37. The van der Waals surface area contributed by atoms with Gasteiger partial charge in [0, 0.05) is 17.3 Å². The number of rotatable bonds is 6. The van der Waals surface area contributed by atoms with Crippen LogP contribution in [0.5, 0.6) is 0 Å². The van der Waals surface area contributed by atoms with Gasteiger partial charge in [0.2, 0.25) is 0 Å². The van der Waals surface area contributed by atoms with E-state index in [9.17, 15) is 18.0 Å². The summed E-state index contributed by atoms with van der Waals surface area (Å²) in [7, 11) is 0. The van der Waals surface area contributed by atoms with Gasteiger partial charge in [0.1, 0.15) is 12.1 Å². The van der Waals surface area contributed by atoms with Crippen LogP contribution in [0.15, 0.2) is 84.8 Å². The third kappa shape index (κ3) is 5.77. The van der Waals surface area contributed by atoms with Gasteiger partial charge in [-0.25, -0.2) is 19.4 Å². The third-order valence-electron chi connectivity index (χ3n) is 6.71. The van der Waals surface area contributed by atoms with Gasteiger partial charge in [-0.1, -0.05) is 55.5 Å². The van der Waals surface area contributed by atoms with Crippen molar-refractivity contribution in [2.75, 3.05) is 11.1 Å². The summed E-state index contributed by atoms with van der Waals surface area (Å²) in [5.41, 5.74) is 8.53. The Morgan fingerprint density at radius 2 is 1.87 bits per heavy atom. The molecule has 0 saturated heterocycles. The molecule has 2 unspecified atom stereocenters. The van der Waals surface area contributed by atoms with Crippen molar-refractivity contribution in [1.29, 1.82) is 0 Å². The zero-order valence-electron chi connectivity index (χ0n) is 21.0. The number of alkyl halides is 3. The van der Waals surface area contributed by atoms with Crippen molar-refractivity contribution in [3.8, 4) is 0 Å². The molecule has 2 amide bonds. The monoisotopic (exact) mass is 533 g/mol. The molecule has 11 heteroatoms. The van der Waals surface area contributed by atoms with Crippen molar-refractivity contribution >= 4 is 28.6 Å². The Bertz CT molecular complexity index is 1560. The second-order valence-corrected chi connectivity index (χ2v) is 9.37. The van der Waals surface area contributed by atoms with Gasteiger partial charge in [-0.05, 0) is 42.2 Å². The lowest BCUT2D eigenvalue weighted by Gasteiger charge is -2.26. The van der Waals surface area contributed by atoms with Crippen LogP contribution < -0.4 is 16.4 Å². The number of hydrogen-bond acceptors (Lipinski definition) is 5. The Morgan fingerprint density at radius 3 is 2.64 bits per heavy atom. The predicted molar refractivity (Wildman–Crippen MR) is 142 cm³/mol. The molecular formula is C28H26F3N7O. The molecule has 2 heterocycles.